The van der Waals surface area contributed by atoms with Gasteiger partial charge in [0.2, 0.25) is 12.2 Å². The monoisotopic (exact) mass is 238 g/mol. The standard InChI is InChI=1S/C8H6F4N2O2/c9-3-4(10)6(12)8(14-2-16)7(5(3)11)13-1-15/h3-8H. The molecule has 0 spiro atoms. The zero-order valence-electron chi connectivity index (χ0n) is 7.69. The first-order valence-corrected chi connectivity index (χ1v) is 4.24. The van der Waals surface area contributed by atoms with Gasteiger partial charge in [-0.05, 0) is 0 Å². The van der Waals surface area contributed by atoms with E-state index < -0.39 is 36.8 Å². The fourth-order valence-corrected chi connectivity index (χ4v) is 1.52. The summed E-state index contributed by atoms with van der Waals surface area (Å²) in [6.07, 6.45) is -8.81. The van der Waals surface area contributed by atoms with Gasteiger partial charge < -0.3 is 0 Å². The Morgan fingerprint density at radius 2 is 1.00 bits per heavy atom. The van der Waals surface area contributed by atoms with Crippen molar-refractivity contribution in [2.75, 3.05) is 0 Å². The van der Waals surface area contributed by atoms with Gasteiger partial charge >= 0.3 is 0 Å². The van der Waals surface area contributed by atoms with E-state index in [4.69, 9.17) is 0 Å². The number of rotatable bonds is 2. The van der Waals surface area contributed by atoms with Gasteiger partial charge in [0.25, 0.3) is 0 Å². The second-order valence-corrected chi connectivity index (χ2v) is 3.20. The molecule has 6 atom stereocenters. The lowest BCUT2D eigenvalue weighted by molar-refractivity contribution is -0.0290. The molecule has 1 saturated carbocycles. The van der Waals surface area contributed by atoms with E-state index in [0.717, 1.165) is 12.2 Å². The van der Waals surface area contributed by atoms with Gasteiger partial charge in [0.05, 0.1) is 0 Å². The van der Waals surface area contributed by atoms with Gasteiger partial charge in [-0.2, -0.15) is 9.98 Å². The molecule has 16 heavy (non-hydrogen) atoms. The van der Waals surface area contributed by atoms with Crippen LogP contribution in [-0.4, -0.2) is 48.9 Å². The van der Waals surface area contributed by atoms with Gasteiger partial charge in [-0.15, -0.1) is 0 Å². The summed E-state index contributed by atoms with van der Waals surface area (Å²) in [4.78, 5) is 25.5. The van der Waals surface area contributed by atoms with Crippen molar-refractivity contribution in [2.24, 2.45) is 9.98 Å². The van der Waals surface area contributed by atoms with E-state index in [-0.39, 0.29) is 0 Å². The largest absolute Gasteiger partial charge is 0.242 e. The third-order valence-electron chi connectivity index (χ3n) is 2.32. The lowest BCUT2D eigenvalue weighted by atomic mass is 9.85. The number of alkyl halides is 4. The summed E-state index contributed by atoms with van der Waals surface area (Å²) >= 11 is 0. The molecular formula is C8H6F4N2O2. The zero-order valence-corrected chi connectivity index (χ0v) is 7.69. The normalized spacial score (nSPS) is 43.0. The van der Waals surface area contributed by atoms with Crippen LogP contribution in [0.25, 0.3) is 0 Å². The smallest absolute Gasteiger partial charge is 0.235 e. The van der Waals surface area contributed by atoms with E-state index in [1.807, 2.05) is 0 Å². The van der Waals surface area contributed by atoms with Crippen molar-refractivity contribution in [3.05, 3.63) is 0 Å². The van der Waals surface area contributed by atoms with Gasteiger partial charge in [0, 0.05) is 0 Å². The summed E-state index contributed by atoms with van der Waals surface area (Å²) in [6, 6.07) is -3.79. The highest BCUT2D eigenvalue weighted by atomic mass is 19.2. The number of nitrogens with zero attached hydrogens (tertiary/aromatic N) is 2. The molecule has 0 heterocycles. The summed E-state index contributed by atoms with van der Waals surface area (Å²) in [5.74, 6) is 0. The number of aliphatic imine (C=N–C) groups is 2. The van der Waals surface area contributed by atoms with Crippen molar-refractivity contribution in [1.82, 2.24) is 0 Å². The van der Waals surface area contributed by atoms with Crippen LogP contribution in [0.1, 0.15) is 0 Å². The van der Waals surface area contributed by atoms with E-state index in [2.05, 4.69) is 9.98 Å². The van der Waals surface area contributed by atoms with Crippen LogP contribution in [0.4, 0.5) is 17.6 Å². The van der Waals surface area contributed by atoms with Crippen LogP contribution < -0.4 is 0 Å². The average molecular weight is 238 g/mol. The molecule has 0 bridgehead atoms. The Morgan fingerprint density at radius 1 is 0.688 bits per heavy atom. The van der Waals surface area contributed by atoms with Crippen LogP contribution in [0.15, 0.2) is 9.98 Å². The Labute approximate surface area is 87.1 Å². The molecule has 0 aromatic heterocycles. The molecule has 0 aromatic rings. The molecule has 0 aliphatic heterocycles. The molecule has 1 fully saturated rings. The quantitative estimate of drug-likeness (QED) is 0.405. The molecule has 0 N–H and O–H groups in total. The van der Waals surface area contributed by atoms with Crippen molar-refractivity contribution in [3.63, 3.8) is 0 Å². The third kappa shape index (κ3) is 2.03. The second-order valence-electron chi connectivity index (χ2n) is 3.20. The van der Waals surface area contributed by atoms with Crippen LogP contribution >= 0.6 is 0 Å². The topological polar surface area (TPSA) is 58.9 Å². The first-order chi connectivity index (χ1) is 7.54. The Bertz CT molecular complexity index is 320. The molecule has 1 aliphatic rings. The van der Waals surface area contributed by atoms with Crippen LogP contribution in [0.5, 0.6) is 0 Å². The second kappa shape index (κ2) is 5.01. The first kappa shape index (κ1) is 12.5. The Morgan fingerprint density at radius 3 is 1.25 bits per heavy atom. The zero-order chi connectivity index (χ0) is 12.3. The van der Waals surface area contributed by atoms with E-state index in [0.29, 0.717) is 0 Å². The molecule has 0 aromatic carbocycles. The minimum Gasteiger partial charge on any atom is -0.242 e. The lowest BCUT2D eigenvalue weighted by Gasteiger charge is -2.34. The molecule has 6 unspecified atom stereocenters. The fourth-order valence-electron chi connectivity index (χ4n) is 1.52. The van der Waals surface area contributed by atoms with Crippen molar-refractivity contribution in [2.45, 2.75) is 36.8 Å². The van der Waals surface area contributed by atoms with Crippen LogP contribution in [0.2, 0.25) is 0 Å². The SMILES string of the molecule is O=C=NC1C(F)C(F)C(F)C(F)C1N=C=O. The highest BCUT2D eigenvalue weighted by Crippen LogP contribution is 2.33. The molecule has 1 rings (SSSR count). The minimum absolute atomic E-state index is 0.902. The summed E-state index contributed by atoms with van der Waals surface area (Å²) in [5, 5.41) is 0. The first-order valence-electron chi connectivity index (χ1n) is 4.24. The molecule has 0 saturated heterocycles. The fraction of sp³-hybridized carbons (Fsp3) is 0.750. The maximum atomic E-state index is 13.2. The van der Waals surface area contributed by atoms with Crippen molar-refractivity contribution >= 4 is 12.2 Å². The average Bonchev–Trinajstić information content (AvgIpc) is 2.28. The summed E-state index contributed by atoms with van der Waals surface area (Å²) < 4.78 is 52.1. The van der Waals surface area contributed by atoms with E-state index >= 15 is 0 Å². The van der Waals surface area contributed by atoms with Crippen LogP contribution in [-0.2, 0) is 9.59 Å². The van der Waals surface area contributed by atoms with Gasteiger partial charge in [-0.3, -0.25) is 0 Å². The van der Waals surface area contributed by atoms with Crippen molar-refractivity contribution in [1.29, 1.82) is 0 Å². The van der Waals surface area contributed by atoms with E-state index in [9.17, 15) is 27.2 Å². The van der Waals surface area contributed by atoms with Gasteiger partial charge in [-0.1, -0.05) is 0 Å². The molecule has 1 aliphatic carbocycles. The van der Waals surface area contributed by atoms with Gasteiger partial charge in [-0.25, -0.2) is 27.2 Å². The predicted octanol–water partition coefficient (Wildman–Crippen LogP) is 0.761. The summed E-state index contributed by atoms with van der Waals surface area (Å²) in [6.45, 7) is 0. The molecule has 0 amide bonds. The lowest BCUT2D eigenvalue weighted by Crippen LogP contribution is -2.56. The summed E-state index contributed by atoms with van der Waals surface area (Å²) in [5.41, 5.74) is 0. The third-order valence-corrected chi connectivity index (χ3v) is 2.32. The number of hydrogen-bond acceptors (Lipinski definition) is 4. The Kier molecular flexibility index (Phi) is 3.93. The number of isocyanates is 2. The number of carbonyl (C=O) groups excluding carboxylic acids is 2. The maximum Gasteiger partial charge on any atom is 0.235 e. The molecule has 0 radical (unpaired) electrons. The highest BCUT2D eigenvalue weighted by Gasteiger charge is 2.53. The molecule has 8 heteroatoms. The van der Waals surface area contributed by atoms with Gasteiger partial charge in [0.15, 0.2) is 24.7 Å². The van der Waals surface area contributed by atoms with Gasteiger partial charge in [0.1, 0.15) is 12.1 Å². The van der Waals surface area contributed by atoms with Crippen LogP contribution in [0.3, 0.4) is 0 Å². The Balaban J connectivity index is 3.09. The molecule has 88 valence electrons. The van der Waals surface area contributed by atoms with Crippen molar-refractivity contribution in [3.8, 4) is 0 Å². The predicted molar refractivity (Wildman–Crippen MR) is 43.4 cm³/mol. The Hall–Kier alpha value is -1.52. The minimum atomic E-state index is -2.75. The number of halogens is 4. The van der Waals surface area contributed by atoms with Crippen LogP contribution in [0, 0.1) is 0 Å². The van der Waals surface area contributed by atoms with E-state index in [1.54, 1.807) is 0 Å². The molecule has 4 nitrogen and oxygen atoms in total. The number of hydrogen-bond donors (Lipinski definition) is 0. The summed E-state index contributed by atoms with van der Waals surface area (Å²) in [7, 11) is 0. The van der Waals surface area contributed by atoms with E-state index in [1.165, 1.54) is 0 Å². The maximum absolute atomic E-state index is 13.2. The highest BCUT2D eigenvalue weighted by molar-refractivity contribution is 5.37. The van der Waals surface area contributed by atoms with Crippen molar-refractivity contribution < 1.29 is 27.2 Å². The molecular weight excluding hydrogens is 232 g/mol.